The van der Waals surface area contributed by atoms with Gasteiger partial charge in [0.05, 0.1) is 10.6 Å². The topological polar surface area (TPSA) is 119 Å². The number of esters is 1. The van der Waals surface area contributed by atoms with Gasteiger partial charge in [-0.1, -0.05) is 35.5 Å². The van der Waals surface area contributed by atoms with E-state index >= 15 is 0 Å². The molecule has 4 rings (SSSR count). The fourth-order valence-corrected chi connectivity index (χ4v) is 5.04. The van der Waals surface area contributed by atoms with E-state index in [-0.39, 0.29) is 35.1 Å². The van der Waals surface area contributed by atoms with Gasteiger partial charge in [0.15, 0.2) is 11.5 Å². The number of benzene rings is 2. The van der Waals surface area contributed by atoms with Crippen molar-refractivity contribution in [3.8, 4) is 0 Å². The number of nitrogens with zero attached hydrogens (tertiary/aromatic N) is 2. The van der Waals surface area contributed by atoms with Gasteiger partial charge in [-0.05, 0) is 24.3 Å². The summed E-state index contributed by atoms with van der Waals surface area (Å²) in [4.78, 5) is 48.9. The first-order chi connectivity index (χ1) is 14.3. The number of hydrogen-bond donors (Lipinski definition) is 1. The van der Waals surface area contributed by atoms with Crippen LogP contribution in [-0.4, -0.2) is 34.2 Å². The van der Waals surface area contributed by atoms with E-state index < -0.39 is 28.3 Å². The van der Waals surface area contributed by atoms with Crippen LogP contribution in [0.1, 0.15) is 12.8 Å². The number of thioether (sulfide) groups is 1. The largest absolute Gasteiger partial charge is 0.453 e. The van der Waals surface area contributed by atoms with Crippen LogP contribution in [0.3, 0.4) is 0 Å². The summed E-state index contributed by atoms with van der Waals surface area (Å²) in [6, 6.07) is 10.9. The van der Waals surface area contributed by atoms with Crippen molar-refractivity contribution >= 4 is 58.2 Å². The van der Waals surface area contributed by atoms with Gasteiger partial charge in [0, 0.05) is 28.8 Å². The summed E-state index contributed by atoms with van der Waals surface area (Å²) < 4.78 is 5.21. The number of nitro groups is 1. The molecule has 11 heteroatoms. The maximum Gasteiger partial charge on any atom is 0.344 e. The van der Waals surface area contributed by atoms with Crippen LogP contribution in [0.25, 0.3) is 0 Å². The van der Waals surface area contributed by atoms with E-state index in [9.17, 15) is 24.5 Å². The van der Waals surface area contributed by atoms with E-state index in [2.05, 4.69) is 5.32 Å². The van der Waals surface area contributed by atoms with Crippen molar-refractivity contribution in [2.24, 2.45) is 0 Å². The van der Waals surface area contributed by atoms with Crippen molar-refractivity contribution in [3.63, 3.8) is 0 Å². The number of hydrogen-bond acceptors (Lipinski definition) is 7. The normalized spacial score (nSPS) is 19.2. The number of nitro benzene ring substituents is 1. The first-order valence-electron chi connectivity index (χ1n) is 8.84. The molecule has 2 aliphatic rings. The van der Waals surface area contributed by atoms with E-state index in [0.717, 1.165) is 11.0 Å². The Morgan fingerprint density at radius 3 is 2.83 bits per heavy atom. The van der Waals surface area contributed by atoms with Gasteiger partial charge in [-0.2, -0.15) is 0 Å². The summed E-state index contributed by atoms with van der Waals surface area (Å²) in [6.45, 7) is -0.653. The Kier molecular flexibility index (Phi) is 5.12. The maximum atomic E-state index is 12.9. The SMILES string of the molecule is O=C(COC(=O)[C@]12CCC(=O)N1c1ccccc1S2)Nc1ccc(Cl)cc1[N+](=O)[O-]. The molecular weight excluding hydrogens is 434 g/mol. The molecule has 1 saturated heterocycles. The van der Waals surface area contributed by atoms with Crippen LogP contribution >= 0.6 is 23.4 Å². The molecule has 0 bridgehead atoms. The number of fused-ring (bicyclic) bond motifs is 3. The Balaban J connectivity index is 1.46. The van der Waals surface area contributed by atoms with Crippen LogP contribution in [0.4, 0.5) is 17.1 Å². The second-order valence-corrected chi connectivity index (χ2v) is 8.38. The van der Waals surface area contributed by atoms with Crippen molar-refractivity contribution in [1.82, 2.24) is 0 Å². The number of anilines is 2. The first kappa shape index (κ1) is 20.2. The highest BCUT2D eigenvalue weighted by molar-refractivity contribution is 8.02. The Morgan fingerprint density at radius 2 is 2.07 bits per heavy atom. The second kappa shape index (κ2) is 7.62. The van der Waals surface area contributed by atoms with E-state index in [1.165, 1.54) is 28.8 Å². The third-order valence-corrected chi connectivity index (χ3v) is 6.45. The van der Waals surface area contributed by atoms with Gasteiger partial charge < -0.3 is 10.1 Å². The Hall–Kier alpha value is -3.11. The van der Waals surface area contributed by atoms with Gasteiger partial charge in [0.1, 0.15) is 5.69 Å². The van der Waals surface area contributed by atoms with Crippen molar-refractivity contribution in [1.29, 1.82) is 0 Å². The number of carbonyl (C=O) groups excluding carboxylic acids is 3. The Labute approximate surface area is 179 Å². The summed E-state index contributed by atoms with van der Waals surface area (Å²) in [7, 11) is 0. The van der Waals surface area contributed by atoms with Crippen molar-refractivity contribution < 1.29 is 24.0 Å². The number of halogens is 1. The summed E-state index contributed by atoms with van der Waals surface area (Å²) >= 11 is 6.98. The molecule has 0 saturated carbocycles. The summed E-state index contributed by atoms with van der Waals surface area (Å²) in [5.74, 6) is -1.65. The zero-order valence-corrected chi connectivity index (χ0v) is 16.9. The molecule has 154 valence electrons. The van der Waals surface area contributed by atoms with Crippen LogP contribution in [0.2, 0.25) is 5.02 Å². The number of rotatable bonds is 5. The van der Waals surface area contributed by atoms with Gasteiger partial charge in [-0.15, -0.1) is 0 Å². The zero-order chi connectivity index (χ0) is 21.5. The minimum absolute atomic E-state index is 0.0658. The van der Waals surface area contributed by atoms with Gasteiger partial charge >= 0.3 is 5.97 Å². The molecule has 2 aromatic rings. The van der Waals surface area contributed by atoms with Crippen LogP contribution in [0, 0.1) is 10.1 Å². The van der Waals surface area contributed by atoms with Gasteiger partial charge in [0.25, 0.3) is 11.6 Å². The number of nitrogens with one attached hydrogen (secondary N) is 1. The fourth-order valence-electron chi connectivity index (χ4n) is 3.46. The molecule has 2 amide bonds. The number of para-hydroxylation sites is 1. The second-order valence-electron chi connectivity index (χ2n) is 6.63. The average Bonchev–Trinajstić information content (AvgIpc) is 3.23. The first-order valence-corrected chi connectivity index (χ1v) is 10.0. The molecule has 30 heavy (non-hydrogen) atoms. The molecule has 9 nitrogen and oxygen atoms in total. The Morgan fingerprint density at radius 1 is 1.30 bits per heavy atom. The minimum Gasteiger partial charge on any atom is -0.453 e. The number of carbonyl (C=O) groups is 3. The molecule has 0 spiro atoms. The zero-order valence-electron chi connectivity index (χ0n) is 15.3. The molecule has 0 aromatic heterocycles. The van der Waals surface area contributed by atoms with Crippen LogP contribution in [-0.2, 0) is 19.1 Å². The molecule has 0 aliphatic carbocycles. The fraction of sp³-hybridized carbons (Fsp3) is 0.211. The minimum atomic E-state index is -1.24. The third-order valence-electron chi connectivity index (χ3n) is 4.76. The van der Waals surface area contributed by atoms with E-state index in [0.29, 0.717) is 5.69 Å². The van der Waals surface area contributed by atoms with Crippen LogP contribution in [0.15, 0.2) is 47.4 Å². The van der Waals surface area contributed by atoms with Crippen LogP contribution in [0.5, 0.6) is 0 Å². The monoisotopic (exact) mass is 447 g/mol. The summed E-state index contributed by atoms with van der Waals surface area (Å²) in [5.41, 5.74) is 0.197. The quantitative estimate of drug-likeness (QED) is 0.424. The lowest BCUT2D eigenvalue weighted by atomic mass is 10.2. The van der Waals surface area contributed by atoms with E-state index in [1.807, 2.05) is 12.1 Å². The molecule has 0 radical (unpaired) electrons. The molecule has 0 unspecified atom stereocenters. The highest BCUT2D eigenvalue weighted by atomic mass is 35.5. The predicted octanol–water partition coefficient (Wildman–Crippen LogP) is 3.36. The number of ether oxygens (including phenoxy) is 1. The van der Waals surface area contributed by atoms with Crippen LogP contribution < -0.4 is 10.2 Å². The van der Waals surface area contributed by atoms with Gasteiger partial charge in [0.2, 0.25) is 5.91 Å². The highest BCUT2D eigenvalue weighted by Crippen LogP contribution is 2.56. The van der Waals surface area contributed by atoms with E-state index in [4.69, 9.17) is 16.3 Å². The summed E-state index contributed by atoms with van der Waals surface area (Å²) in [6.07, 6.45) is 0.452. The smallest absolute Gasteiger partial charge is 0.344 e. The van der Waals surface area contributed by atoms with Gasteiger partial charge in [-0.25, -0.2) is 4.79 Å². The standard InChI is InChI=1S/C19H14ClN3O6S/c20-11-5-6-12(14(9-11)23(27)28)21-16(24)10-29-18(26)19-8-7-17(25)22(19)13-3-1-2-4-15(13)30-19/h1-6,9H,7-8,10H2,(H,21,24)/t19-/m1/s1. The molecule has 1 atom stereocenters. The average molecular weight is 448 g/mol. The molecular formula is C19H14ClN3O6S. The van der Waals surface area contributed by atoms with Gasteiger partial charge in [-0.3, -0.25) is 24.6 Å². The number of amides is 2. The molecule has 1 N–H and O–H groups in total. The molecule has 1 fully saturated rings. The highest BCUT2D eigenvalue weighted by Gasteiger charge is 2.58. The lowest BCUT2D eigenvalue weighted by Crippen LogP contribution is -2.48. The molecule has 2 aromatic carbocycles. The lowest BCUT2D eigenvalue weighted by molar-refractivity contribution is -0.383. The third kappa shape index (κ3) is 3.37. The Bertz CT molecular complexity index is 1090. The lowest BCUT2D eigenvalue weighted by Gasteiger charge is -2.28. The summed E-state index contributed by atoms with van der Waals surface area (Å²) in [5, 5.41) is 13.6. The van der Waals surface area contributed by atoms with Crippen molar-refractivity contribution in [2.75, 3.05) is 16.8 Å². The molecule has 2 aliphatic heterocycles. The maximum absolute atomic E-state index is 12.9. The van der Waals surface area contributed by atoms with E-state index in [1.54, 1.807) is 12.1 Å². The molecule has 2 heterocycles. The predicted molar refractivity (Wildman–Crippen MR) is 109 cm³/mol. The van der Waals surface area contributed by atoms with Crippen molar-refractivity contribution in [3.05, 3.63) is 57.6 Å². The van der Waals surface area contributed by atoms with Crippen molar-refractivity contribution in [2.45, 2.75) is 22.6 Å².